The van der Waals surface area contributed by atoms with Crippen molar-refractivity contribution < 1.29 is 56.2 Å². The van der Waals surface area contributed by atoms with Gasteiger partial charge in [-0.3, -0.25) is 9.35 Å². The summed E-state index contributed by atoms with van der Waals surface area (Å²) in [7, 11) is -5.06. The monoisotopic (exact) mass is 807 g/mol. The highest BCUT2D eigenvalue weighted by Gasteiger charge is 2.48. The van der Waals surface area contributed by atoms with E-state index in [0.717, 1.165) is 51.4 Å². The quantitative estimate of drug-likeness (QED) is 0.0204. The van der Waals surface area contributed by atoms with Gasteiger partial charge in [0.15, 0.2) is 6.29 Å². The summed E-state index contributed by atoms with van der Waals surface area (Å²) in [4.78, 5) is 12.8. The Labute approximate surface area is 333 Å². The first-order chi connectivity index (χ1) is 26.6. The maximum absolute atomic E-state index is 12.8. The number of hydrogen-bond donors (Lipinski definition) is 4. The zero-order valence-electron chi connectivity index (χ0n) is 34.2. The standard InChI is InChI=1S/C42H78O12S/c1-3-5-7-9-11-13-14-15-16-17-18-19-20-21-22-23-25-27-29-31-38(44)52-36(34-50-32-30-28-26-24-12-10-8-6-4-2)35-51-42-40(46)41(54-55(47,48)49)39(45)37(33-43)53-42/h11,13,15-16,36-37,39-43,45-46H,3-10,12,14,17-35H2,1-2H3,(H,47,48,49)/b13-11-,16-15-. The molecule has 324 valence electrons. The van der Waals surface area contributed by atoms with Crippen molar-refractivity contribution >= 4 is 16.4 Å². The van der Waals surface area contributed by atoms with Crippen LogP contribution in [-0.2, 0) is 38.3 Å². The normalized spacial score (nSPS) is 21.2. The van der Waals surface area contributed by atoms with Gasteiger partial charge >= 0.3 is 16.4 Å². The second kappa shape index (κ2) is 34.6. The Balaban J connectivity index is 2.40. The van der Waals surface area contributed by atoms with E-state index in [4.69, 9.17) is 23.5 Å². The van der Waals surface area contributed by atoms with Crippen LogP contribution in [0.1, 0.15) is 174 Å². The van der Waals surface area contributed by atoms with Gasteiger partial charge in [0.1, 0.15) is 30.5 Å². The van der Waals surface area contributed by atoms with Crippen LogP contribution >= 0.6 is 0 Å². The summed E-state index contributed by atoms with van der Waals surface area (Å²) >= 11 is 0. The lowest BCUT2D eigenvalue weighted by Gasteiger charge is -2.41. The van der Waals surface area contributed by atoms with Gasteiger partial charge < -0.3 is 34.3 Å². The molecular formula is C42H78O12S. The van der Waals surface area contributed by atoms with Gasteiger partial charge in [0, 0.05) is 13.0 Å². The highest BCUT2D eigenvalue weighted by molar-refractivity contribution is 7.80. The summed E-state index contributed by atoms with van der Waals surface area (Å²) in [5.41, 5.74) is 0. The van der Waals surface area contributed by atoms with Gasteiger partial charge in [-0.15, -0.1) is 0 Å². The summed E-state index contributed by atoms with van der Waals surface area (Å²) in [5.74, 6) is -0.404. The fraction of sp³-hybridized carbons (Fsp3) is 0.881. The number of unbranched alkanes of at least 4 members (excludes halogenated alkanes) is 20. The van der Waals surface area contributed by atoms with Crippen LogP contribution in [-0.4, -0.2) is 97.5 Å². The SMILES string of the molecule is CCCCC/C=C\C/C=C\CCCCCCCCCCCC(=O)OC(COCCCCCCCCCCC)COC1OC(CO)C(O)C(OS(=O)(=O)O)C1O. The maximum Gasteiger partial charge on any atom is 0.397 e. The molecule has 0 aromatic carbocycles. The third kappa shape index (κ3) is 28.6. The molecule has 12 nitrogen and oxygen atoms in total. The molecule has 0 amide bonds. The van der Waals surface area contributed by atoms with Crippen LogP contribution in [0.2, 0.25) is 0 Å². The molecule has 0 spiro atoms. The highest BCUT2D eigenvalue weighted by atomic mass is 32.3. The molecule has 0 aliphatic carbocycles. The molecule has 0 bridgehead atoms. The zero-order valence-corrected chi connectivity index (χ0v) is 35.1. The predicted molar refractivity (Wildman–Crippen MR) is 216 cm³/mol. The fourth-order valence-corrected chi connectivity index (χ4v) is 7.03. The molecule has 1 heterocycles. The van der Waals surface area contributed by atoms with Crippen LogP contribution in [0.5, 0.6) is 0 Å². The van der Waals surface area contributed by atoms with E-state index in [-0.39, 0.29) is 19.6 Å². The molecule has 1 saturated heterocycles. The molecule has 0 aromatic heterocycles. The summed E-state index contributed by atoms with van der Waals surface area (Å²) in [5, 5.41) is 30.6. The van der Waals surface area contributed by atoms with Gasteiger partial charge in [0.2, 0.25) is 0 Å². The Morgan fingerprint density at radius 1 is 0.691 bits per heavy atom. The van der Waals surface area contributed by atoms with Crippen molar-refractivity contribution in [2.75, 3.05) is 26.4 Å². The minimum atomic E-state index is -5.06. The summed E-state index contributed by atoms with van der Waals surface area (Å²) in [6.07, 6.45) is 27.9. The molecule has 6 unspecified atom stereocenters. The molecular weight excluding hydrogens is 729 g/mol. The molecule has 6 atom stereocenters. The first kappa shape index (κ1) is 51.6. The number of esters is 1. The number of aliphatic hydroxyl groups is 3. The van der Waals surface area contributed by atoms with Crippen LogP contribution in [0, 0.1) is 0 Å². The van der Waals surface area contributed by atoms with E-state index in [9.17, 15) is 28.5 Å². The topological polar surface area (TPSA) is 178 Å². The largest absolute Gasteiger partial charge is 0.457 e. The van der Waals surface area contributed by atoms with Crippen LogP contribution in [0.25, 0.3) is 0 Å². The van der Waals surface area contributed by atoms with Crippen molar-refractivity contribution in [3.05, 3.63) is 24.3 Å². The lowest BCUT2D eigenvalue weighted by atomic mass is 9.99. The molecule has 13 heteroatoms. The van der Waals surface area contributed by atoms with Crippen LogP contribution < -0.4 is 0 Å². The van der Waals surface area contributed by atoms with Gasteiger partial charge in [-0.1, -0.05) is 147 Å². The van der Waals surface area contributed by atoms with E-state index >= 15 is 0 Å². The zero-order chi connectivity index (χ0) is 40.4. The van der Waals surface area contributed by atoms with E-state index in [1.165, 1.54) is 96.3 Å². The third-order valence-corrected chi connectivity index (χ3v) is 10.3. The van der Waals surface area contributed by atoms with E-state index in [0.29, 0.717) is 13.0 Å². The number of rotatable bonds is 37. The van der Waals surface area contributed by atoms with Crippen molar-refractivity contribution in [2.24, 2.45) is 0 Å². The van der Waals surface area contributed by atoms with Crippen LogP contribution in [0.4, 0.5) is 0 Å². The van der Waals surface area contributed by atoms with Crippen molar-refractivity contribution in [3.8, 4) is 0 Å². The first-order valence-electron chi connectivity index (χ1n) is 21.6. The second-order valence-corrected chi connectivity index (χ2v) is 16.0. The molecule has 1 aliphatic rings. The number of hydrogen-bond acceptors (Lipinski definition) is 11. The average Bonchev–Trinajstić information content (AvgIpc) is 3.15. The number of carbonyl (C=O) groups excluding carboxylic acids is 1. The second-order valence-electron chi connectivity index (χ2n) is 14.9. The third-order valence-electron chi connectivity index (χ3n) is 9.83. The van der Waals surface area contributed by atoms with Gasteiger partial charge in [0.05, 0.1) is 19.8 Å². The lowest BCUT2D eigenvalue weighted by molar-refractivity contribution is -0.301. The molecule has 1 fully saturated rings. The molecule has 1 aliphatic heterocycles. The van der Waals surface area contributed by atoms with Gasteiger partial charge in [-0.05, 0) is 44.9 Å². The smallest absolute Gasteiger partial charge is 0.397 e. The lowest BCUT2D eigenvalue weighted by Crippen LogP contribution is -2.60. The Hall–Kier alpha value is -1.42. The van der Waals surface area contributed by atoms with Crippen LogP contribution in [0.3, 0.4) is 0 Å². The highest BCUT2D eigenvalue weighted by Crippen LogP contribution is 2.26. The Bertz CT molecular complexity index is 1070. The Morgan fingerprint density at radius 2 is 1.20 bits per heavy atom. The van der Waals surface area contributed by atoms with Crippen molar-refractivity contribution in [2.45, 2.75) is 211 Å². The maximum atomic E-state index is 12.8. The summed E-state index contributed by atoms with van der Waals surface area (Å²) in [6.45, 7) is 3.94. The fourth-order valence-electron chi connectivity index (χ4n) is 6.53. The molecule has 55 heavy (non-hydrogen) atoms. The molecule has 1 rings (SSSR count). The predicted octanol–water partition coefficient (Wildman–Crippen LogP) is 8.46. The Morgan fingerprint density at radius 3 is 1.76 bits per heavy atom. The molecule has 0 aromatic rings. The number of aliphatic hydroxyl groups excluding tert-OH is 3. The van der Waals surface area contributed by atoms with Crippen LogP contribution in [0.15, 0.2) is 24.3 Å². The Kier molecular flexibility index (Phi) is 32.5. The number of ether oxygens (including phenoxy) is 4. The average molecular weight is 807 g/mol. The molecule has 4 N–H and O–H groups in total. The minimum absolute atomic E-state index is 0.0371. The number of carbonyl (C=O) groups is 1. The van der Waals surface area contributed by atoms with Gasteiger partial charge in [-0.2, -0.15) is 8.42 Å². The van der Waals surface area contributed by atoms with Crippen molar-refractivity contribution in [1.82, 2.24) is 0 Å². The summed E-state index contributed by atoms with van der Waals surface area (Å²) < 4.78 is 58.8. The van der Waals surface area contributed by atoms with E-state index in [2.05, 4.69) is 42.3 Å². The molecule has 0 radical (unpaired) electrons. The van der Waals surface area contributed by atoms with E-state index < -0.39 is 59.8 Å². The first-order valence-corrected chi connectivity index (χ1v) is 23.0. The van der Waals surface area contributed by atoms with Gasteiger partial charge in [0.25, 0.3) is 0 Å². The van der Waals surface area contributed by atoms with Crippen molar-refractivity contribution in [1.29, 1.82) is 0 Å². The van der Waals surface area contributed by atoms with E-state index in [1.807, 2.05) is 0 Å². The van der Waals surface area contributed by atoms with Crippen molar-refractivity contribution in [3.63, 3.8) is 0 Å². The summed E-state index contributed by atoms with van der Waals surface area (Å²) in [6, 6.07) is 0. The molecule has 0 saturated carbocycles. The minimum Gasteiger partial charge on any atom is -0.457 e. The number of allylic oxidation sites excluding steroid dienone is 4. The van der Waals surface area contributed by atoms with Gasteiger partial charge in [-0.25, -0.2) is 4.18 Å². The van der Waals surface area contributed by atoms with E-state index in [1.54, 1.807) is 0 Å².